The number of sulfonamides is 1. The van der Waals surface area contributed by atoms with Crippen LogP contribution in [0.3, 0.4) is 0 Å². The number of piperidine rings is 1. The van der Waals surface area contributed by atoms with Gasteiger partial charge in [0.2, 0.25) is 15.9 Å². The number of benzene rings is 2. The number of amides is 1. The number of anilines is 1. The van der Waals surface area contributed by atoms with Crippen LogP contribution in [-0.2, 0) is 14.8 Å². The van der Waals surface area contributed by atoms with E-state index in [1.807, 2.05) is 0 Å². The minimum Gasteiger partial charge on any atom is -0.495 e. The summed E-state index contributed by atoms with van der Waals surface area (Å²) in [5.41, 5.74) is 1.01. The van der Waals surface area contributed by atoms with E-state index < -0.39 is 15.9 Å². The molecule has 8 heteroatoms. The van der Waals surface area contributed by atoms with Crippen molar-refractivity contribution in [2.24, 2.45) is 0 Å². The highest BCUT2D eigenvalue weighted by atomic mass is 32.2. The van der Waals surface area contributed by atoms with Gasteiger partial charge in [-0.25, -0.2) is 12.8 Å². The summed E-state index contributed by atoms with van der Waals surface area (Å²) in [5, 5.41) is 2.65. The zero-order valence-corrected chi connectivity index (χ0v) is 16.9. The Labute approximate surface area is 170 Å². The second-order valence-electron chi connectivity index (χ2n) is 6.70. The van der Waals surface area contributed by atoms with Gasteiger partial charge >= 0.3 is 0 Å². The van der Waals surface area contributed by atoms with Crippen LogP contribution in [0.25, 0.3) is 6.08 Å². The molecule has 6 nitrogen and oxygen atoms in total. The molecule has 0 aromatic heterocycles. The summed E-state index contributed by atoms with van der Waals surface area (Å²) in [6.45, 7) is 0.949. The molecule has 0 radical (unpaired) electrons. The molecule has 29 heavy (non-hydrogen) atoms. The summed E-state index contributed by atoms with van der Waals surface area (Å²) in [5.74, 6) is -0.552. The molecule has 1 heterocycles. The molecule has 0 atom stereocenters. The number of nitrogens with one attached hydrogen (secondary N) is 1. The van der Waals surface area contributed by atoms with Crippen molar-refractivity contribution >= 4 is 27.7 Å². The fraction of sp³-hybridized carbons (Fsp3) is 0.286. The van der Waals surface area contributed by atoms with Gasteiger partial charge in [-0.3, -0.25) is 4.79 Å². The van der Waals surface area contributed by atoms with E-state index in [0.717, 1.165) is 19.3 Å². The Morgan fingerprint density at radius 1 is 1.10 bits per heavy atom. The first-order valence-electron chi connectivity index (χ1n) is 9.33. The third kappa shape index (κ3) is 5.21. The number of ether oxygens (including phenoxy) is 1. The molecule has 1 amide bonds. The molecule has 0 spiro atoms. The largest absolute Gasteiger partial charge is 0.495 e. The first kappa shape index (κ1) is 21.0. The SMILES string of the molecule is COc1ccc(NC(=O)/C=C/c2ccc(F)cc2)cc1S(=O)(=O)N1CCCCC1. The van der Waals surface area contributed by atoms with Gasteiger partial charge < -0.3 is 10.1 Å². The van der Waals surface area contributed by atoms with Gasteiger partial charge in [0.25, 0.3) is 0 Å². The number of hydrogen-bond donors (Lipinski definition) is 1. The zero-order valence-electron chi connectivity index (χ0n) is 16.1. The summed E-state index contributed by atoms with van der Waals surface area (Å²) in [6.07, 6.45) is 5.51. The Bertz CT molecular complexity index is 998. The molecule has 1 N–H and O–H groups in total. The predicted octanol–water partition coefficient (Wildman–Crippen LogP) is 3.66. The number of halogens is 1. The molecular weight excluding hydrogens is 395 g/mol. The first-order valence-corrected chi connectivity index (χ1v) is 10.8. The molecule has 2 aromatic carbocycles. The predicted molar refractivity (Wildman–Crippen MR) is 110 cm³/mol. The summed E-state index contributed by atoms with van der Waals surface area (Å²) in [6, 6.07) is 10.2. The van der Waals surface area contributed by atoms with Gasteiger partial charge in [0, 0.05) is 24.9 Å². The highest BCUT2D eigenvalue weighted by Gasteiger charge is 2.29. The standard InChI is InChI=1S/C21H23FN2O4S/c1-28-19-11-10-18(15-20(19)29(26,27)24-13-3-2-4-14-24)23-21(25)12-7-16-5-8-17(22)9-6-16/h5-12,15H,2-4,13-14H2,1H3,(H,23,25)/b12-7+. The Hall–Kier alpha value is -2.71. The van der Waals surface area contributed by atoms with Crippen molar-refractivity contribution in [3.05, 3.63) is 59.9 Å². The van der Waals surface area contributed by atoms with Crippen molar-refractivity contribution in [2.75, 3.05) is 25.5 Å². The fourth-order valence-corrected chi connectivity index (χ4v) is 4.83. The molecule has 2 aromatic rings. The van der Waals surface area contributed by atoms with Gasteiger partial charge in [-0.2, -0.15) is 4.31 Å². The lowest BCUT2D eigenvalue weighted by Crippen LogP contribution is -2.35. The molecule has 0 aliphatic carbocycles. The highest BCUT2D eigenvalue weighted by Crippen LogP contribution is 2.31. The summed E-state index contributed by atoms with van der Waals surface area (Å²) in [4.78, 5) is 12.2. The van der Waals surface area contributed by atoms with E-state index in [-0.39, 0.29) is 16.5 Å². The zero-order chi connectivity index (χ0) is 20.9. The van der Waals surface area contributed by atoms with E-state index in [2.05, 4.69) is 5.32 Å². The third-order valence-corrected chi connectivity index (χ3v) is 6.58. The molecule has 0 saturated carbocycles. The third-order valence-electron chi connectivity index (χ3n) is 4.66. The topological polar surface area (TPSA) is 75.7 Å². The van der Waals surface area contributed by atoms with E-state index in [9.17, 15) is 17.6 Å². The Balaban J connectivity index is 1.79. The Morgan fingerprint density at radius 2 is 1.79 bits per heavy atom. The summed E-state index contributed by atoms with van der Waals surface area (Å²) in [7, 11) is -2.31. The van der Waals surface area contributed by atoms with Crippen LogP contribution in [0.1, 0.15) is 24.8 Å². The van der Waals surface area contributed by atoms with E-state index in [1.54, 1.807) is 24.3 Å². The Kier molecular flexibility index (Phi) is 6.66. The molecule has 1 aliphatic rings. The van der Waals surface area contributed by atoms with Crippen LogP contribution in [0.15, 0.2) is 53.4 Å². The smallest absolute Gasteiger partial charge is 0.248 e. The second kappa shape index (κ2) is 9.19. The van der Waals surface area contributed by atoms with E-state index >= 15 is 0 Å². The second-order valence-corrected chi connectivity index (χ2v) is 8.61. The molecule has 0 bridgehead atoms. The van der Waals surface area contributed by atoms with Crippen molar-refractivity contribution in [3.8, 4) is 5.75 Å². The molecular formula is C21H23FN2O4S. The van der Waals surface area contributed by atoms with Crippen LogP contribution in [0.5, 0.6) is 5.75 Å². The maximum atomic E-state index is 13.0. The van der Waals surface area contributed by atoms with Crippen LogP contribution in [0.2, 0.25) is 0 Å². The Morgan fingerprint density at radius 3 is 2.45 bits per heavy atom. The number of hydrogen-bond acceptors (Lipinski definition) is 4. The van der Waals surface area contributed by atoms with Gasteiger partial charge in [0.05, 0.1) is 7.11 Å². The number of carbonyl (C=O) groups is 1. The number of carbonyl (C=O) groups excluding carboxylic acids is 1. The monoisotopic (exact) mass is 418 g/mol. The summed E-state index contributed by atoms with van der Waals surface area (Å²) >= 11 is 0. The van der Waals surface area contributed by atoms with Crippen LogP contribution in [0.4, 0.5) is 10.1 Å². The van der Waals surface area contributed by atoms with Crippen molar-refractivity contribution in [2.45, 2.75) is 24.2 Å². The molecule has 154 valence electrons. The van der Waals surface area contributed by atoms with E-state index in [4.69, 9.17) is 4.74 Å². The average molecular weight is 418 g/mol. The number of methoxy groups -OCH3 is 1. The van der Waals surface area contributed by atoms with Crippen molar-refractivity contribution in [1.29, 1.82) is 0 Å². The first-order chi connectivity index (χ1) is 13.9. The van der Waals surface area contributed by atoms with Crippen molar-refractivity contribution < 1.29 is 22.3 Å². The number of rotatable bonds is 6. The lowest BCUT2D eigenvalue weighted by atomic mass is 10.2. The van der Waals surface area contributed by atoms with Crippen LogP contribution >= 0.6 is 0 Å². The lowest BCUT2D eigenvalue weighted by molar-refractivity contribution is -0.111. The van der Waals surface area contributed by atoms with Gasteiger partial charge in [-0.05, 0) is 54.8 Å². The number of nitrogens with zero attached hydrogens (tertiary/aromatic N) is 1. The van der Waals surface area contributed by atoms with Gasteiger partial charge in [0.15, 0.2) is 0 Å². The normalized spacial score (nSPS) is 15.4. The van der Waals surface area contributed by atoms with Crippen molar-refractivity contribution in [1.82, 2.24) is 4.31 Å². The highest BCUT2D eigenvalue weighted by molar-refractivity contribution is 7.89. The molecule has 3 rings (SSSR count). The van der Waals surface area contributed by atoms with Crippen LogP contribution in [0, 0.1) is 5.82 Å². The summed E-state index contributed by atoms with van der Waals surface area (Å²) < 4.78 is 45.7. The maximum absolute atomic E-state index is 13.0. The molecule has 1 fully saturated rings. The molecule has 1 aliphatic heterocycles. The van der Waals surface area contributed by atoms with Gasteiger partial charge in [-0.15, -0.1) is 0 Å². The maximum Gasteiger partial charge on any atom is 0.248 e. The fourth-order valence-electron chi connectivity index (χ4n) is 3.13. The van der Waals surface area contributed by atoms with E-state index in [1.165, 1.54) is 41.8 Å². The average Bonchev–Trinajstić information content (AvgIpc) is 2.74. The van der Waals surface area contributed by atoms with Gasteiger partial charge in [0.1, 0.15) is 16.5 Å². The molecule has 1 saturated heterocycles. The lowest BCUT2D eigenvalue weighted by Gasteiger charge is -2.26. The van der Waals surface area contributed by atoms with Crippen LogP contribution in [-0.4, -0.2) is 38.8 Å². The quantitative estimate of drug-likeness (QED) is 0.727. The van der Waals surface area contributed by atoms with Crippen LogP contribution < -0.4 is 10.1 Å². The molecule has 0 unspecified atom stereocenters. The minimum atomic E-state index is -3.72. The minimum absolute atomic E-state index is 0.0298. The van der Waals surface area contributed by atoms with E-state index in [0.29, 0.717) is 24.3 Å². The van der Waals surface area contributed by atoms with Gasteiger partial charge in [-0.1, -0.05) is 18.6 Å². The van der Waals surface area contributed by atoms with Crippen molar-refractivity contribution in [3.63, 3.8) is 0 Å².